The fraction of sp³-hybridized carbons (Fsp3) is 0.280. The molecule has 0 unspecified atom stereocenters. The summed E-state index contributed by atoms with van der Waals surface area (Å²) in [6, 6.07) is 24.8. The number of likely N-dealkylation sites (N-methyl/N-ethyl adjacent to an activating group) is 2. The number of rotatable bonds is 19. The van der Waals surface area contributed by atoms with E-state index in [0.717, 1.165) is 51.5 Å². The number of alkyl carbamates (subject to hydrolysis) is 1. The summed E-state index contributed by atoms with van der Waals surface area (Å²) in [7, 11) is 12.1. The molecule has 366 valence electrons. The number of aryl methyl sites for hydroxylation is 1. The molecule has 0 fully saturated rings. The van der Waals surface area contributed by atoms with Gasteiger partial charge in [-0.05, 0) is 68.9 Å². The molecule has 1 atom stereocenters. The third kappa shape index (κ3) is 11.3. The molecule has 3 heterocycles. The molecule has 7 rings (SSSR count). The van der Waals surface area contributed by atoms with Crippen LogP contribution >= 0.6 is 11.8 Å². The van der Waals surface area contributed by atoms with Gasteiger partial charge in [-0.1, -0.05) is 66.9 Å². The molecular weight excluding hydrogens is 921 g/mol. The van der Waals surface area contributed by atoms with Gasteiger partial charge in [0.05, 0.1) is 37.0 Å². The van der Waals surface area contributed by atoms with E-state index in [9.17, 15) is 18.8 Å². The van der Waals surface area contributed by atoms with Crippen LogP contribution in [-0.4, -0.2) is 121 Å². The standard InChI is InChI=1S/C50H55F2N11O6S/c1-32(31-69-48(65)54-23-14-22-50(33-15-10-9-11-16-33)63(49(66)62(6)68-8)58-46(70-50)36-27-34(51)19-20-38(36)52)45(64)55-40-28-41(44(67-7)29-43(40)60(4)26-25-59(2)3)57-47-53-24-21-39(56-47)37-30-61(5)42-18-13-12-17-35(37)42/h9-13,15-21,24,27-30H,1,14,22-23,25-26,31H2,2-8H3,(H,54,65)(H,55,64)(H,53,56,57)/t50-/m0/s1. The number of methoxy groups -OCH3 is 1. The fourth-order valence-electron chi connectivity index (χ4n) is 7.71. The number of carbonyl (C=O) groups excluding carboxylic acids is 3. The molecule has 4 aromatic carbocycles. The molecule has 0 saturated heterocycles. The molecule has 0 radical (unpaired) electrons. The monoisotopic (exact) mass is 975 g/mol. The van der Waals surface area contributed by atoms with Crippen LogP contribution < -0.4 is 25.6 Å². The Bertz CT molecular complexity index is 2920. The number of para-hydroxylation sites is 1. The molecular formula is C50H55F2N11O6S. The van der Waals surface area contributed by atoms with E-state index in [2.05, 4.69) is 32.6 Å². The lowest BCUT2D eigenvalue weighted by Gasteiger charge is -2.37. The van der Waals surface area contributed by atoms with E-state index in [-0.39, 0.29) is 35.6 Å². The number of halogens is 2. The number of nitrogens with zero attached hydrogens (tertiary/aromatic N) is 8. The van der Waals surface area contributed by atoms with Gasteiger partial charge in [0.25, 0.3) is 5.91 Å². The van der Waals surface area contributed by atoms with Gasteiger partial charge in [-0.25, -0.2) is 33.4 Å². The molecule has 0 aliphatic carbocycles. The molecule has 4 amide bonds. The Hall–Kier alpha value is -7.55. The Kier molecular flexibility index (Phi) is 16.0. The number of ether oxygens (including phenoxy) is 2. The van der Waals surface area contributed by atoms with Crippen molar-refractivity contribution in [1.82, 2.24) is 34.8 Å². The number of fused-ring (bicyclic) bond motifs is 1. The van der Waals surface area contributed by atoms with E-state index in [1.807, 2.05) is 85.2 Å². The molecule has 0 spiro atoms. The topological polar surface area (TPSA) is 171 Å². The molecule has 1 aliphatic rings. The van der Waals surface area contributed by atoms with Crippen molar-refractivity contribution in [2.24, 2.45) is 12.1 Å². The summed E-state index contributed by atoms with van der Waals surface area (Å²) < 4.78 is 42.8. The van der Waals surface area contributed by atoms with Crippen molar-refractivity contribution in [3.05, 3.63) is 138 Å². The molecule has 1 aliphatic heterocycles. The Morgan fingerprint density at radius 2 is 1.66 bits per heavy atom. The highest BCUT2D eigenvalue weighted by Gasteiger charge is 2.50. The van der Waals surface area contributed by atoms with E-state index in [4.69, 9.17) is 19.3 Å². The Morgan fingerprint density at radius 3 is 2.40 bits per heavy atom. The van der Waals surface area contributed by atoms with Crippen molar-refractivity contribution in [3.8, 4) is 17.0 Å². The van der Waals surface area contributed by atoms with Crippen molar-refractivity contribution in [1.29, 1.82) is 0 Å². The molecule has 3 N–H and O–H groups in total. The number of amides is 4. The molecule has 17 nitrogen and oxygen atoms in total. The molecule has 0 saturated carbocycles. The van der Waals surface area contributed by atoms with Gasteiger partial charge in [0.2, 0.25) is 5.95 Å². The predicted molar refractivity (Wildman–Crippen MR) is 269 cm³/mol. The smallest absolute Gasteiger partial charge is 0.407 e. The van der Waals surface area contributed by atoms with Crippen molar-refractivity contribution in [3.63, 3.8) is 0 Å². The van der Waals surface area contributed by atoms with Gasteiger partial charge in [-0.2, -0.15) is 10.1 Å². The maximum atomic E-state index is 15.1. The van der Waals surface area contributed by atoms with Gasteiger partial charge in [-0.15, -0.1) is 0 Å². The van der Waals surface area contributed by atoms with Crippen LogP contribution in [0.2, 0.25) is 0 Å². The van der Waals surface area contributed by atoms with Crippen molar-refractivity contribution < 1.29 is 37.5 Å². The quantitative estimate of drug-likeness (QED) is 0.0402. The van der Waals surface area contributed by atoms with Gasteiger partial charge in [0.1, 0.15) is 33.9 Å². The van der Waals surface area contributed by atoms with Gasteiger partial charge in [0.15, 0.2) is 0 Å². The van der Waals surface area contributed by atoms with Crippen molar-refractivity contribution >= 4 is 68.8 Å². The number of urea groups is 1. The first-order valence-electron chi connectivity index (χ1n) is 22.1. The summed E-state index contributed by atoms with van der Waals surface area (Å²) in [5, 5.41) is 16.7. The van der Waals surface area contributed by atoms with Gasteiger partial charge < -0.3 is 39.8 Å². The van der Waals surface area contributed by atoms with Crippen LogP contribution in [-0.2, 0) is 26.3 Å². The second kappa shape index (κ2) is 22.3. The lowest BCUT2D eigenvalue weighted by Crippen LogP contribution is -2.47. The highest BCUT2D eigenvalue weighted by molar-refractivity contribution is 8.15. The first-order chi connectivity index (χ1) is 33.6. The minimum absolute atomic E-state index is 0.0374. The minimum atomic E-state index is -1.26. The number of carbonyl (C=O) groups is 3. The van der Waals surface area contributed by atoms with E-state index >= 15 is 4.39 Å². The summed E-state index contributed by atoms with van der Waals surface area (Å²) in [6.45, 7) is 4.86. The average Bonchev–Trinajstić information content (AvgIpc) is 3.92. The number of hydroxylamine groups is 2. The van der Waals surface area contributed by atoms with E-state index < -0.39 is 41.1 Å². The van der Waals surface area contributed by atoms with E-state index in [1.54, 1.807) is 49.7 Å². The van der Waals surface area contributed by atoms with E-state index in [0.29, 0.717) is 53.1 Å². The third-order valence-corrected chi connectivity index (χ3v) is 12.9. The second-order valence-corrected chi connectivity index (χ2v) is 17.8. The Labute approximate surface area is 409 Å². The lowest BCUT2D eigenvalue weighted by atomic mass is 10.0. The number of aromatic nitrogens is 3. The summed E-state index contributed by atoms with van der Waals surface area (Å²) in [5.74, 6) is -1.21. The van der Waals surface area contributed by atoms with Gasteiger partial charge >= 0.3 is 12.1 Å². The first kappa shape index (κ1) is 50.3. The number of thioether (sulfide) groups is 1. The molecule has 2 aromatic heterocycles. The van der Waals surface area contributed by atoms with Crippen LogP contribution in [0.15, 0.2) is 121 Å². The highest BCUT2D eigenvalue weighted by atomic mass is 32.2. The van der Waals surface area contributed by atoms with Crippen LogP contribution in [0, 0.1) is 11.6 Å². The maximum Gasteiger partial charge on any atom is 0.407 e. The van der Waals surface area contributed by atoms with Crippen molar-refractivity contribution in [2.45, 2.75) is 17.7 Å². The molecule has 0 bridgehead atoms. The number of anilines is 4. The molecule has 20 heteroatoms. The third-order valence-electron chi connectivity index (χ3n) is 11.5. The summed E-state index contributed by atoms with van der Waals surface area (Å²) in [5.41, 5.74) is 4.75. The Morgan fingerprint density at radius 1 is 0.900 bits per heavy atom. The van der Waals surface area contributed by atoms with Crippen LogP contribution in [0.25, 0.3) is 22.2 Å². The summed E-state index contributed by atoms with van der Waals surface area (Å²) in [6.07, 6.45) is 3.33. The molecule has 70 heavy (non-hydrogen) atoms. The number of benzene rings is 4. The average molecular weight is 976 g/mol. The van der Waals surface area contributed by atoms with Gasteiger partial charge in [-0.3, -0.25) is 9.63 Å². The second-order valence-electron chi connectivity index (χ2n) is 16.6. The maximum absolute atomic E-state index is 15.1. The van der Waals surface area contributed by atoms with Crippen molar-refractivity contribution in [2.75, 3.05) is 84.2 Å². The fourth-order valence-corrected chi connectivity index (χ4v) is 9.13. The SMILES string of the molecule is C=C(COC(=O)NCCC[C@@]1(c2ccccc2)SC(c2cc(F)ccc2F)=NN1C(=O)N(C)OC)C(=O)Nc1cc(Nc2nccc(-c3cn(C)c4ccccc34)n2)c(OC)cc1N(C)CCN(C)C. The number of nitrogens with one attached hydrogen (secondary N) is 3. The van der Waals surface area contributed by atoms with Crippen LogP contribution in [0.3, 0.4) is 0 Å². The van der Waals surface area contributed by atoms with Crippen LogP contribution in [0.1, 0.15) is 24.0 Å². The predicted octanol–water partition coefficient (Wildman–Crippen LogP) is 8.54. The zero-order valence-corrected chi connectivity index (χ0v) is 40.8. The zero-order chi connectivity index (χ0) is 50.1. The number of hydrazone groups is 1. The highest BCUT2D eigenvalue weighted by Crippen LogP contribution is 2.51. The lowest BCUT2D eigenvalue weighted by molar-refractivity contribution is -0.113. The largest absolute Gasteiger partial charge is 0.494 e. The van der Waals surface area contributed by atoms with Crippen LogP contribution in [0.4, 0.5) is 41.4 Å². The Balaban J connectivity index is 1.03. The number of hydrogen-bond donors (Lipinski definition) is 3. The van der Waals surface area contributed by atoms with Gasteiger partial charge in [0, 0.05) is 86.8 Å². The van der Waals surface area contributed by atoms with Crippen LogP contribution in [0.5, 0.6) is 5.75 Å². The summed E-state index contributed by atoms with van der Waals surface area (Å²) in [4.78, 5) is 57.9. The normalized spacial score (nSPS) is 14.3. The van der Waals surface area contributed by atoms with E-state index in [1.165, 1.54) is 19.2 Å². The number of hydrogen-bond acceptors (Lipinski definition) is 13. The minimum Gasteiger partial charge on any atom is -0.494 e. The molecule has 6 aromatic rings. The summed E-state index contributed by atoms with van der Waals surface area (Å²) >= 11 is 1.08. The zero-order valence-electron chi connectivity index (χ0n) is 40.0. The first-order valence-corrected chi connectivity index (χ1v) is 23.0.